The van der Waals surface area contributed by atoms with E-state index in [2.05, 4.69) is 20.3 Å². The monoisotopic (exact) mass is 233 g/mol. The Bertz CT molecular complexity index is 269. The lowest BCUT2D eigenvalue weighted by atomic mass is 10.1. The molecule has 0 N–H and O–H groups in total. The van der Waals surface area contributed by atoms with Crippen LogP contribution in [0.3, 0.4) is 0 Å². The zero-order chi connectivity index (χ0) is 7.84. The van der Waals surface area contributed by atoms with Crippen LogP contribution in [0.15, 0.2) is 4.47 Å². The van der Waals surface area contributed by atoms with Crippen LogP contribution < -0.4 is 0 Å². The smallest absolute Gasteiger partial charge is 0.0656 e. The molecule has 60 valence electrons. The van der Waals surface area contributed by atoms with Gasteiger partial charge in [-0.25, -0.2) is 0 Å². The molecule has 2 rings (SSSR count). The highest BCUT2D eigenvalue weighted by Gasteiger charge is 2.25. The maximum atomic E-state index is 5.11. The Morgan fingerprint density at radius 3 is 2.73 bits per heavy atom. The minimum Gasteiger partial charge on any atom is -0.380 e. The lowest BCUT2D eigenvalue weighted by Crippen LogP contribution is -2.24. The van der Waals surface area contributed by atoms with Gasteiger partial charge in [0.2, 0.25) is 0 Å². The Hall–Kier alpha value is 0.0700. The standard InChI is InChI=1S/C7H8BrNOS/c1-4-6(8)7(11-9-4)5-2-10-3-5/h5H,2-3H2,1H3. The van der Waals surface area contributed by atoms with Gasteiger partial charge < -0.3 is 4.74 Å². The molecule has 1 aliphatic rings. The molecular weight excluding hydrogens is 226 g/mol. The average Bonchev–Trinajstić information content (AvgIpc) is 2.15. The minimum absolute atomic E-state index is 0.593. The fourth-order valence-corrected chi connectivity index (χ4v) is 2.60. The molecule has 2 nitrogen and oxygen atoms in total. The normalized spacial score (nSPS) is 18.4. The first-order chi connectivity index (χ1) is 5.29. The Kier molecular flexibility index (Phi) is 1.99. The molecule has 0 aliphatic carbocycles. The van der Waals surface area contributed by atoms with Gasteiger partial charge >= 0.3 is 0 Å². The number of nitrogens with zero attached hydrogens (tertiary/aromatic N) is 1. The van der Waals surface area contributed by atoms with Gasteiger partial charge in [0.25, 0.3) is 0 Å². The molecule has 1 aromatic heterocycles. The summed E-state index contributed by atoms with van der Waals surface area (Å²) in [5.41, 5.74) is 1.09. The fourth-order valence-electron chi connectivity index (χ4n) is 1.02. The molecule has 4 heteroatoms. The molecule has 1 aliphatic heterocycles. The number of aryl methyl sites for hydroxylation is 1. The van der Waals surface area contributed by atoms with E-state index in [0.29, 0.717) is 5.92 Å². The molecule has 0 atom stereocenters. The summed E-state index contributed by atoms with van der Waals surface area (Å²) in [6, 6.07) is 0. The largest absolute Gasteiger partial charge is 0.380 e. The average molecular weight is 234 g/mol. The summed E-state index contributed by atoms with van der Waals surface area (Å²) >= 11 is 5.10. The van der Waals surface area contributed by atoms with Crippen molar-refractivity contribution in [3.8, 4) is 0 Å². The highest BCUT2D eigenvalue weighted by molar-refractivity contribution is 9.10. The van der Waals surface area contributed by atoms with Crippen LogP contribution in [-0.4, -0.2) is 17.6 Å². The van der Waals surface area contributed by atoms with E-state index in [1.807, 2.05) is 6.92 Å². The van der Waals surface area contributed by atoms with Crippen molar-refractivity contribution in [2.24, 2.45) is 0 Å². The molecular formula is C7H8BrNOS. The maximum Gasteiger partial charge on any atom is 0.0656 e. The van der Waals surface area contributed by atoms with Gasteiger partial charge in [0.15, 0.2) is 0 Å². The van der Waals surface area contributed by atoms with Crippen molar-refractivity contribution >= 4 is 27.5 Å². The summed E-state index contributed by atoms with van der Waals surface area (Å²) in [5, 5.41) is 0. The van der Waals surface area contributed by atoms with E-state index in [0.717, 1.165) is 18.9 Å². The van der Waals surface area contributed by atoms with Gasteiger partial charge in [0, 0.05) is 10.8 Å². The zero-order valence-corrected chi connectivity index (χ0v) is 8.54. The Morgan fingerprint density at radius 1 is 1.64 bits per heavy atom. The predicted molar refractivity (Wildman–Crippen MR) is 48.1 cm³/mol. The van der Waals surface area contributed by atoms with Crippen molar-refractivity contribution in [1.82, 2.24) is 4.37 Å². The van der Waals surface area contributed by atoms with Gasteiger partial charge in [-0.3, -0.25) is 0 Å². The van der Waals surface area contributed by atoms with E-state index in [1.54, 1.807) is 11.5 Å². The van der Waals surface area contributed by atoms with Crippen LogP contribution in [0, 0.1) is 6.92 Å². The van der Waals surface area contributed by atoms with Crippen molar-refractivity contribution in [3.63, 3.8) is 0 Å². The second kappa shape index (κ2) is 2.84. The quantitative estimate of drug-likeness (QED) is 0.743. The van der Waals surface area contributed by atoms with Crippen LogP contribution in [-0.2, 0) is 4.74 Å². The lowest BCUT2D eigenvalue weighted by Gasteiger charge is -2.24. The topological polar surface area (TPSA) is 22.1 Å². The Balaban J connectivity index is 2.29. The van der Waals surface area contributed by atoms with Crippen molar-refractivity contribution in [2.45, 2.75) is 12.8 Å². The number of halogens is 1. The molecule has 0 aromatic carbocycles. The van der Waals surface area contributed by atoms with Crippen LogP contribution in [0.2, 0.25) is 0 Å². The Labute approximate surface area is 77.9 Å². The first-order valence-corrected chi connectivity index (χ1v) is 5.05. The van der Waals surface area contributed by atoms with Crippen molar-refractivity contribution in [1.29, 1.82) is 0 Å². The van der Waals surface area contributed by atoms with Gasteiger partial charge in [-0.05, 0) is 34.4 Å². The highest BCUT2D eigenvalue weighted by atomic mass is 79.9. The van der Waals surface area contributed by atoms with Gasteiger partial charge in [0.05, 0.1) is 23.4 Å². The van der Waals surface area contributed by atoms with E-state index in [4.69, 9.17) is 4.74 Å². The number of rotatable bonds is 1. The van der Waals surface area contributed by atoms with Gasteiger partial charge in [0.1, 0.15) is 0 Å². The molecule has 11 heavy (non-hydrogen) atoms. The maximum absolute atomic E-state index is 5.11. The van der Waals surface area contributed by atoms with Crippen LogP contribution >= 0.6 is 27.5 Å². The van der Waals surface area contributed by atoms with Gasteiger partial charge in [-0.2, -0.15) is 4.37 Å². The molecule has 0 radical (unpaired) electrons. The van der Waals surface area contributed by atoms with Gasteiger partial charge in [-0.15, -0.1) is 0 Å². The molecule has 0 spiro atoms. The molecule has 1 aromatic rings. The van der Waals surface area contributed by atoms with E-state index in [9.17, 15) is 0 Å². The Morgan fingerprint density at radius 2 is 2.36 bits per heavy atom. The second-order valence-electron chi connectivity index (χ2n) is 2.68. The zero-order valence-electron chi connectivity index (χ0n) is 6.13. The van der Waals surface area contributed by atoms with Crippen LogP contribution in [0.5, 0.6) is 0 Å². The summed E-state index contributed by atoms with van der Waals surface area (Å²) in [6.45, 7) is 3.74. The van der Waals surface area contributed by atoms with Crippen molar-refractivity contribution in [3.05, 3.63) is 15.0 Å². The van der Waals surface area contributed by atoms with Crippen molar-refractivity contribution in [2.75, 3.05) is 13.2 Å². The van der Waals surface area contributed by atoms with Crippen LogP contribution in [0.4, 0.5) is 0 Å². The first-order valence-electron chi connectivity index (χ1n) is 3.48. The van der Waals surface area contributed by atoms with Crippen molar-refractivity contribution < 1.29 is 4.74 Å². The van der Waals surface area contributed by atoms with Crippen LogP contribution in [0.1, 0.15) is 16.5 Å². The summed E-state index contributed by atoms with van der Waals surface area (Å²) < 4.78 is 10.5. The van der Waals surface area contributed by atoms with Crippen LogP contribution in [0.25, 0.3) is 0 Å². The lowest BCUT2D eigenvalue weighted by molar-refractivity contribution is 0.00960. The van der Waals surface area contributed by atoms with E-state index in [1.165, 1.54) is 9.35 Å². The third-order valence-corrected chi connectivity index (χ3v) is 4.19. The summed E-state index contributed by atoms with van der Waals surface area (Å²) in [5.74, 6) is 0.593. The predicted octanol–water partition coefficient (Wildman–Crippen LogP) is 2.33. The fraction of sp³-hybridized carbons (Fsp3) is 0.571. The SMILES string of the molecule is Cc1nsc(C2COC2)c1Br. The number of hydrogen-bond acceptors (Lipinski definition) is 3. The summed E-state index contributed by atoms with van der Waals surface area (Å²) in [7, 11) is 0. The molecule has 2 heterocycles. The minimum atomic E-state index is 0.593. The summed E-state index contributed by atoms with van der Waals surface area (Å²) in [6.07, 6.45) is 0. The molecule has 0 bridgehead atoms. The molecule has 0 saturated carbocycles. The molecule has 0 unspecified atom stereocenters. The van der Waals surface area contributed by atoms with E-state index >= 15 is 0 Å². The third-order valence-electron chi connectivity index (χ3n) is 1.82. The number of ether oxygens (including phenoxy) is 1. The molecule has 1 fully saturated rings. The molecule has 1 saturated heterocycles. The van der Waals surface area contributed by atoms with Gasteiger partial charge in [-0.1, -0.05) is 0 Å². The number of aromatic nitrogens is 1. The second-order valence-corrected chi connectivity index (χ2v) is 4.28. The number of hydrogen-bond donors (Lipinski definition) is 0. The third kappa shape index (κ3) is 1.23. The highest BCUT2D eigenvalue weighted by Crippen LogP contribution is 2.35. The molecule has 0 amide bonds. The van der Waals surface area contributed by atoms with E-state index in [-0.39, 0.29) is 0 Å². The summed E-state index contributed by atoms with van der Waals surface area (Å²) in [4.78, 5) is 1.34. The first kappa shape index (κ1) is 7.71. The van der Waals surface area contributed by atoms with E-state index < -0.39 is 0 Å².